The van der Waals surface area contributed by atoms with E-state index in [0.29, 0.717) is 9.33 Å². The quantitative estimate of drug-likeness (QED) is 0.311. The Morgan fingerprint density at radius 2 is 1.91 bits per heavy atom. The summed E-state index contributed by atoms with van der Waals surface area (Å²) in [6.07, 6.45) is 3.60. The molecule has 4 aromatic rings. The summed E-state index contributed by atoms with van der Waals surface area (Å²) in [7, 11) is 1.64. The number of hydrogen-bond acceptors (Lipinski definition) is 4. The van der Waals surface area contributed by atoms with Crippen LogP contribution in [0.15, 0.2) is 82.1 Å². The monoisotopic (exact) mass is 594 g/mol. The van der Waals surface area contributed by atoms with E-state index in [1.54, 1.807) is 23.8 Å². The molecule has 0 fully saturated rings. The van der Waals surface area contributed by atoms with Crippen LogP contribution in [0.2, 0.25) is 0 Å². The predicted molar refractivity (Wildman–Crippen MR) is 145 cm³/mol. The van der Waals surface area contributed by atoms with Crippen LogP contribution < -0.4 is 19.6 Å². The summed E-state index contributed by atoms with van der Waals surface area (Å²) >= 11 is 3.62. The van der Waals surface area contributed by atoms with Gasteiger partial charge in [0.05, 0.1) is 27.0 Å². The lowest BCUT2D eigenvalue weighted by atomic mass is 9.83. The van der Waals surface area contributed by atoms with E-state index in [1.807, 2.05) is 30.3 Å². The molecular weight excluding hydrogens is 574 g/mol. The molecule has 1 unspecified atom stereocenters. The first-order valence-corrected chi connectivity index (χ1v) is 13.1. The third-order valence-corrected chi connectivity index (χ3v) is 8.36. The number of thiazole rings is 1. The van der Waals surface area contributed by atoms with Gasteiger partial charge in [-0.05, 0) is 88.0 Å². The lowest BCUT2D eigenvalue weighted by molar-refractivity contribution is 0.412. The van der Waals surface area contributed by atoms with Crippen molar-refractivity contribution in [3.63, 3.8) is 0 Å². The van der Waals surface area contributed by atoms with Crippen molar-refractivity contribution in [1.82, 2.24) is 4.57 Å². The highest BCUT2D eigenvalue weighted by Gasteiger charge is 2.32. The molecule has 2 aliphatic rings. The SMILES string of the molecule is COc1ccc(C=c2sc3n(c2=O)C(c2ccc(F)cc2)C2=C(N=3)c3ccccc3CC2)cc1I. The molecule has 0 bridgehead atoms. The van der Waals surface area contributed by atoms with E-state index in [9.17, 15) is 9.18 Å². The van der Waals surface area contributed by atoms with Crippen LogP contribution in [0.4, 0.5) is 4.39 Å². The molecule has 1 aliphatic carbocycles. The number of aromatic nitrogens is 1. The molecule has 0 N–H and O–H groups in total. The second kappa shape index (κ2) is 8.87. The zero-order valence-electron chi connectivity index (χ0n) is 18.8. The Morgan fingerprint density at radius 3 is 2.69 bits per heavy atom. The zero-order chi connectivity index (χ0) is 24.1. The van der Waals surface area contributed by atoms with E-state index in [4.69, 9.17) is 9.73 Å². The normalized spacial score (nSPS) is 16.9. The molecule has 4 nitrogen and oxygen atoms in total. The molecule has 0 saturated heterocycles. The van der Waals surface area contributed by atoms with Crippen LogP contribution in [-0.2, 0) is 6.42 Å². The molecule has 7 heteroatoms. The molecule has 1 atom stereocenters. The van der Waals surface area contributed by atoms with Crippen LogP contribution in [0.1, 0.15) is 34.7 Å². The van der Waals surface area contributed by atoms with E-state index < -0.39 is 0 Å². The van der Waals surface area contributed by atoms with E-state index in [-0.39, 0.29) is 17.4 Å². The van der Waals surface area contributed by atoms with Gasteiger partial charge in [0.1, 0.15) is 11.6 Å². The highest BCUT2D eigenvalue weighted by molar-refractivity contribution is 14.1. The second-order valence-electron chi connectivity index (χ2n) is 8.56. The Labute approximate surface area is 218 Å². The van der Waals surface area contributed by atoms with Crippen molar-refractivity contribution in [2.75, 3.05) is 7.11 Å². The largest absolute Gasteiger partial charge is 0.496 e. The van der Waals surface area contributed by atoms with Gasteiger partial charge < -0.3 is 4.74 Å². The van der Waals surface area contributed by atoms with E-state index in [1.165, 1.54) is 29.0 Å². The van der Waals surface area contributed by atoms with Crippen LogP contribution in [0.25, 0.3) is 11.8 Å². The summed E-state index contributed by atoms with van der Waals surface area (Å²) in [5.74, 6) is 0.505. The van der Waals surface area contributed by atoms with Crippen LogP contribution in [0, 0.1) is 9.39 Å². The van der Waals surface area contributed by atoms with Gasteiger partial charge in [0.2, 0.25) is 0 Å². The number of fused-ring (bicyclic) bond motifs is 3. The first-order valence-electron chi connectivity index (χ1n) is 11.3. The summed E-state index contributed by atoms with van der Waals surface area (Å²) in [6.45, 7) is 0. The standard InChI is InChI=1S/C28H20FIN2O2S/c1-34-23-13-6-16(14-22(23)30)15-24-27(33)32-26(18-7-10-19(29)11-8-18)21-12-9-17-4-2-3-5-20(17)25(21)31-28(32)35-24/h2-8,10-11,13-15,26H,9,12H2,1H3. The molecular formula is C28H20FIN2O2S. The van der Waals surface area contributed by atoms with Gasteiger partial charge >= 0.3 is 0 Å². The van der Waals surface area contributed by atoms with Gasteiger partial charge in [0.25, 0.3) is 5.56 Å². The van der Waals surface area contributed by atoms with Gasteiger partial charge in [-0.3, -0.25) is 9.36 Å². The number of halogens is 2. The summed E-state index contributed by atoms with van der Waals surface area (Å²) in [6, 6.07) is 20.3. The van der Waals surface area contributed by atoms with Crippen molar-refractivity contribution in [1.29, 1.82) is 0 Å². The maximum Gasteiger partial charge on any atom is 0.271 e. The lowest BCUT2D eigenvalue weighted by Gasteiger charge is -2.30. The lowest BCUT2D eigenvalue weighted by Crippen LogP contribution is -2.38. The number of methoxy groups -OCH3 is 1. The number of allylic oxidation sites excluding steroid dienone is 1. The summed E-state index contributed by atoms with van der Waals surface area (Å²) in [5.41, 5.74) is 6.15. The van der Waals surface area contributed by atoms with Gasteiger partial charge in [-0.25, -0.2) is 9.38 Å². The maximum absolute atomic E-state index is 13.8. The minimum absolute atomic E-state index is 0.0840. The Morgan fingerprint density at radius 1 is 1.11 bits per heavy atom. The Hall–Kier alpha value is -3.04. The molecule has 35 heavy (non-hydrogen) atoms. The van der Waals surface area contributed by atoms with Crippen molar-refractivity contribution in [3.8, 4) is 5.75 Å². The molecule has 174 valence electrons. The third-order valence-electron chi connectivity index (χ3n) is 6.53. The molecule has 3 aromatic carbocycles. The van der Waals surface area contributed by atoms with Gasteiger partial charge in [0.15, 0.2) is 4.80 Å². The minimum atomic E-state index is -0.312. The molecule has 1 aromatic heterocycles. The fraction of sp³-hybridized carbons (Fsp3) is 0.143. The Bertz CT molecular complexity index is 1690. The minimum Gasteiger partial charge on any atom is -0.496 e. The van der Waals surface area contributed by atoms with Crippen LogP contribution in [0.5, 0.6) is 5.75 Å². The van der Waals surface area contributed by atoms with E-state index in [2.05, 4.69) is 40.8 Å². The second-order valence-corrected chi connectivity index (χ2v) is 10.7. The van der Waals surface area contributed by atoms with Crippen LogP contribution in [-0.4, -0.2) is 11.7 Å². The molecule has 6 rings (SSSR count). The topological polar surface area (TPSA) is 43.6 Å². The average molecular weight is 594 g/mol. The summed E-state index contributed by atoms with van der Waals surface area (Å²) in [4.78, 5) is 19.4. The Kier molecular flexibility index (Phi) is 5.69. The maximum atomic E-state index is 13.8. The van der Waals surface area contributed by atoms with Gasteiger partial charge in [-0.1, -0.05) is 53.8 Å². The third kappa shape index (κ3) is 3.87. The molecule has 2 heterocycles. The predicted octanol–water partition coefficient (Wildman–Crippen LogP) is 5.07. The Balaban J connectivity index is 1.59. The molecule has 1 aliphatic heterocycles. The number of nitrogens with zero attached hydrogens (tertiary/aromatic N) is 2. The molecule has 0 spiro atoms. The molecule has 0 amide bonds. The fourth-order valence-electron chi connectivity index (χ4n) is 4.89. The van der Waals surface area contributed by atoms with Crippen molar-refractivity contribution in [2.45, 2.75) is 18.9 Å². The number of rotatable bonds is 3. The summed E-state index contributed by atoms with van der Waals surface area (Å²) < 4.78 is 22.5. The van der Waals surface area contributed by atoms with E-state index >= 15 is 0 Å². The van der Waals surface area contributed by atoms with Crippen molar-refractivity contribution in [3.05, 3.63) is 124 Å². The number of aryl methyl sites for hydroxylation is 1. The van der Waals surface area contributed by atoms with Crippen LogP contribution in [0.3, 0.4) is 0 Å². The zero-order valence-corrected chi connectivity index (χ0v) is 21.8. The number of benzene rings is 3. The van der Waals surface area contributed by atoms with Gasteiger partial charge in [-0.15, -0.1) is 0 Å². The number of ether oxygens (including phenoxy) is 1. The van der Waals surface area contributed by atoms with Crippen LogP contribution >= 0.6 is 33.9 Å². The molecule has 0 radical (unpaired) electrons. The number of hydrogen-bond donors (Lipinski definition) is 0. The summed E-state index contributed by atoms with van der Waals surface area (Å²) in [5, 5.41) is 0. The first-order chi connectivity index (χ1) is 17.0. The van der Waals surface area contributed by atoms with E-state index in [0.717, 1.165) is 50.1 Å². The van der Waals surface area contributed by atoms with Crippen molar-refractivity contribution < 1.29 is 9.13 Å². The fourth-order valence-corrected chi connectivity index (χ4v) is 6.65. The van der Waals surface area contributed by atoms with Crippen molar-refractivity contribution >= 4 is 45.7 Å². The average Bonchev–Trinajstić information content (AvgIpc) is 3.18. The molecule has 0 saturated carbocycles. The van der Waals surface area contributed by atoms with Gasteiger partial charge in [0, 0.05) is 5.56 Å². The van der Waals surface area contributed by atoms with Crippen molar-refractivity contribution in [2.24, 2.45) is 4.99 Å². The van der Waals surface area contributed by atoms with Gasteiger partial charge in [-0.2, -0.15) is 0 Å². The smallest absolute Gasteiger partial charge is 0.271 e. The highest BCUT2D eigenvalue weighted by atomic mass is 127. The first kappa shape index (κ1) is 22.4. The highest BCUT2D eigenvalue weighted by Crippen LogP contribution is 2.41.